The number of benzene rings is 2. The van der Waals surface area contributed by atoms with Crippen molar-refractivity contribution >= 4 is 17.1 Å². The lowest BCUT2D eigenvalue weighted by molar-refractivity contribution is -0.383. The Morgan fingerprint density at radius 2 is 1.81 bits per heavy atom. The Kier molecular flexibility index (Phi) is 4.73. The van der Waals surface area contributed by atoms with Crippen molar-refractivity contribution in [2.45, 2.75) is 19.4 Å². The molecular weight excluding hydrogens is 268 g/mol. The van der Waals surface area contributed by atoms with Crippen LogP contribution in [0, 0.1) is 10.1 Å². The van der Waals surface area contributed by atoms with E-state index in [1.807, 2.05) is 37.3 Å². The zero-order chi connectivity index (χ0) is 15.2. The Morgan fingerprint density at radius 1 is 1.14 bits per heavy atom. The minimum atomic E-state index is -0.438. The molecule has 0 heterocycles. The van der Waals surface area contributed by atoms with Gasteiger partial charge in [0.15, 0.2) is 0 Å². The number of para-hydroxylation sites is 1. The van der Waals surface area contributed by atoms with Gasteiger partial charge in [-0.1, -0.05) is 36.4 Å². The molecule has 0 bridgehead atoms. The van der Waals surface area contributed by atoms with Crippen LogP contribution in [-0.4, -0.2) is 11.0 Å². The molecule has 21 heavy (non-hydrogen) atoms. The Balaban J connectivity index is 2.17. The van der Waals surface area contributed by atoms with Gasteiger partial charge in [0.2, 0.25) is 0 Å². The van der Waals surface area contributed by atoms with Gasteiger partial charge in [-0.3, -0.25) is 16.0 Å². The van der Waals surface area contributed by atoms with E-state index in [2.05, 4.69) is 10.7 Å². The molecule has 0 amide bonds. The molecule has 0 fully saturated rings. The van der Waals surface area contributed by atoms with Crippen LogP contribution in [0.15, 0.2) is 48.5 Å². The standard InChI is InChI=1S/C15H18N4O2/c1-11(10-12-6-3-2-4-7-12)17-13-8-5-9-14(18-16)15(13)19(20)21/h2-9,11,17-18H,10,16H2,1H3. The van der Waals surface area contributed by atoms with Crippen LogP contribution in [0.2, 0.25) is 0 Å². The van der Waals surface area contributed by atoms with Crippen molar-refractivity contribution < 1.29 is 4.92 Å². The molecule has 0 spiro atoms. The third kappa shape index (κ3) is 3.70. The van der Waals surface area contributed by atoms with Gasteiger partial charge in [0.05, 0.1) is 4.92 Å². The molecule has 0 aliphatic heterocycles. The summed E-state index contributed by atoms with van der Waals surface area (Å²) in [6.07, 6.45) is 0.776. The summed E-state index contributed by atoms with van der Waals surface area (Å²) in [4.78, 5) is 10.8. The van der Waals surface area contributed by atoms with E-state index in [0.717, 1.165) is 6.42 Å². The summed E-state index contributed by atoms with van der Waals surface area (Å²) in [6.45, 7) is 1.99. The van der Waals surface area contributed by atoms with E-state index >= 15 is 0 Å². The summed E-state index contributed by atoms with van der Waals surface area (Å²) in [5.41, 5.74) is 4.24. The Labute approximate surface area is 123 Å². The zero-order valence-electron chi connectivity index (χ0n) is 11.7. The van der Waals surface area contributed by atoms with Gasteiger partial charge in [0, 0.05) is 6.04 Å². The van der Waals surface area contributed by atoms with Crippen molar-refractivity contribution in [1.82, 2.24) is 0 Å². The number of nitro benzene ring substituents is 1. The molecule has 2 aromatic rings. The van der Waals surface area contributed by atoms with Crippen molar-refractivity contribution in [2.24, 2.45) is 5.84 Å². The van der Waals surface area contributed by atoms with Crippen LogP contribution in [0.1, 0.15) is 12.5 Å². The third-order valence-electron chi connectivity index (χ3n) is 3.16. The summed E-state index contributed by atoms with van der Waals surface area (Å²) in [6, 6.07) is 15.0. The lowest BCUT2D eigenvalue weighted by Gasteiger charge is -2.16. The molecule has 4 N–H and O–H groups in total. The van der Waals surface area contributed by atoms with E-state index < -0.39 is 4.92 Å². The largest absolute Gasteiger partial charge is 0.377 e. The summed E-state index contributed by atoms with van der Waals surface area (Å²) in [7, 11) is 0. The minimum absolute atomic E-state index is 0.0417. The fourth-order valence-electron chi connectivity index (χ4n) is 2.26. The molecule has 110 valence electrons. The first-order valence-corrected chi connectivity index (χ1v) is 6.66. The molecule has 2 rings (SSSR count). The first-order chi connectivity index (χ1) is 10.1. The highest BCUT2D eigenvalue weighted by Crippen LogP contribution is 2.32. The number of hydrogen-bond acceptors (Lipinski definition) is 5. The monoisotopic (exact) mass is 286 g/mol. The fraction of sp³-hybridized carbons (Fsp3) is 0.200. The molecule has 6 nitrogen and oxygen atoms in total. The molecule has 0 aliphatic rings. The average molecular weight is 286 g/mol. The van der Waals surface area contributed by atoms with Crippen LogP contribution < -0.4 is 16.6 Å². The zero-order valence-corrected chi connectivity index (χ0v) is 11.7. The number of hydrazine groups is 1. The predicted octanol–water partition coefficient (Wildman–Crippen LogP) is 2.92. The summed E-state index contributed by atoms with van der Waals surface area (Å²) < 4.78 is 0. The lowest BCUT2D eigenvalue weighted by Crippen LogP contribution is -2.19. The number of nitrogens with two attached hydrogens (primary N) is 1. The van der Waals surface area contributed by atoms with E-state index in [0.29, 0.717) is 5.69 Å². The SMILES string of the molecule is CC(Cc1ccccc1)Nc1cccc(NN)c1[N+](=O)[O-]. The van der Waals surface area contributed by atoms with Crippen molar-refractivity contribution in [1.29, 1.82) is 0 Å². The van der Waals surface area contributed by atoms with E-state index in [9.17, 15) is 10.1 Å². The molecule has 0 aliphatic carbocycles. The first kappa shape index (κ1) is 14.8. The van der Waals surface area contributed by atoms with E-state index in [4.69, 9.17) is 5.84 Å². The lowest BCUT2D eigenvalue weighted by atomic mass is 10.1. The van der Waals surface area contributed by atoms with Crippen LogP contribution in [0.25, 0.3) is 0 Å². The quantitative estimate of drug-likeness (QED) is 0.431. The number of nitrogen functional groups attached to an aromatic ring is 1. The van der Waals surface area contributed by atoms with Gasteiger partial charge in [-0.05, 0) is 31.0 Å². The van der Waals surface area contributed by atoms with Crippen LogP contribution in [-0.2, 0) is 6.42 Å². The highest BCUT2D eigenvalue weighted by Gasteiger charge is 2.20. The molecular formula is C15H18N4O2. The maximum Gasteiger partial charge on any atom is 0.316 e. The van der Waals surface area contributed by atoms with Crippen molar-refractivity contribution in [3.8, 4) is 0 Å². The highest BCUT2D eigenvalue weighted by molar-refractivity contribution is 5.76. The molecule has 0 aromatic heterocycles. The average Bonchev–Trinajstić information content (AvgIpc) is 2.47. The first-order valence-electron chi connectivity index (χ1n) is 6.66. The smallest absolute Gasteiger partial charge is 0.316 e. The van der Waals surface area contributed by atoms with Crippen molar-refractivity contribution in [3.05, 3.63) is 64.2 Å². The molecule has 2 aromatic carbocycles. The number of hydrogen-bond donors (Lipinski definition) is 3. The van der Waals surface area contributed by atoms with Crippen molar-refractivity contribution in [2.75, 3.05) is 10.7 Å². The molecule has 1 unspecified atom stereocenters. The Bertz CT molecular complexity index is 616. The second-order valence-corrected chi connectivity index (χ2v) is 4.84. The van der Waals surface area contributed by atoms with Gasteiger partial charge in [0.1, 0.15) is 11.4 Å². The predicted molar refractivity (Wildman–Crippen MR) is 84.1 cm³/mol. The number of nitrogens with zero attached hydrogens (tertiary/aromatic N) is 1. The Morgan fingerprint density at radius 3 is 2.43 bits per heavy atom. The van der Waals surface area contributed by atoms with Gasteiger partial charge < -0.3 is 10.7 Å². The number of nitrogens with one attached hydrogen (secondary N) is 2. The van der Waals surface area contributed by atoms with Gasteiger partial charge in [0.25, 0.3) is 0 Å². The van der Waals surface area contributed by atoms with Crippen LogP contribution in [0.5, 0.6) is 0 Å². The topological polar surface area (TPSA) is 93.2 Å². The second-order valence-electron chi connectivity index (χ2n) is 4.84. The van der Waals surface area contributed by atoms with Crippen LogP contribution in [0.4, 0.5) is 17.1 Å². The fourth-order valence-corrected chi connectivity index (χ4v) is 2.26. The second kappa shape index (κ2) is 6.71. The van der Waals surface area contributed by atoms with Gasteiger partial charge in [-0.15, -0.1) is 0 Å². The number of nitro groups is 1. The highest BCUT2D eigenvalue weighted by atomic mass is 16.6. The summed E-state index contributed by atoms with van der Waals surface area (Å²) in [5, 5.41) is 14.4. The van der Waals surface area contributed by atoms with E-state index in [1.54, 1.807) is 18.2 Å². The van der Waals surface area contributed by atoms with E-state index in [1.165, 1.54) is 5.56 Å². The van der Waals surface area contributed by atoms with Gasteiger partial charge >= 0.3 is 5.69 Å². The maximum atomic E-state index is 11.2. The summed E-state index contributed by atoms with van der Waals surface area (Å²) >= 11 is 0. The Hall–Kier alpha value is -2.60. The molecule has 6 heteroatoms. The van der Waals surface area contributed by atoms with Gasteiger partial charge in [-0.2, -0.15) is 0 Å². The van der Waals surface area contributed by atoms with E-state index in [-0.39, 0.29) is 17.4 Å². The maximum absolute atomic E-state index is 11.2. The number of anilines is 2. The molecule has 0 saturated carbocycles. The van der Waals surface area contributed by atoms with Gasteiger partial charge in [-0.25, -0.2) is 0 Å². The normalized spacial score (nSPS) is 11.7. The molecule has 0 saturated heterocycles. The minimum Gasteiger partial charge on any atom is -0.377 e. The van der Waals surface area contributed by atoms with Crippen molar-refractivity contribution in [3.63, 3.8) is 0 Å². The molecule has 1 atom stereocenters. The van der Waals surface area contributed by atoms with Crippen LogP contribution >= 0.6 is 0 Å². The van der Waals surface area contributed by atoms with Crippen LogP contribution in [0.3, 0.4) is 0 Å². The molecule has 0 radical (unpaired) electrons. The number of rotatable bonds is 6. The third-order valence-corrected chi connectivity index (χ3v) is 3.16. The summed E-state index contributed by atoms with van der Waals surface area (Å²) in [5.74, 6) is 5.33.